The summed E-state index contributed by atoms with van der Waals surface area (Å²) in [5.74, 6) is 1.70. The number of nitrogens with two attached hydrogens (primary N) is 1. The molecule has 1 aliphatic heterocycles. The smallest absolute Gasteiger partial charge is 0.0363 e. The minimum absolute atomic E-state index is 0.387. The van der Waals surface area contributed by atoms with E-state index in [2.05, 4.69) is 11.8 Å². The third-order valence-corrected chi connectivity index (χ3v) is 6.31. The average molecular weight is 264 g/mol. The van der Waals surface area contributed by atoms with Crippen LogP contribution in [0.15, 0.2) is 0 Å². The molecule has 2 aliphatic carbocycles. The summed E-state index contributed by atoms with van der Waals surface area (Å²) in [7, 11) is 0. The van der Waals surface area contributed by atoms with Gasteiger partial charge in [0.1, 0.15) is 0 Å². The van der Waals surface area contributed by atoms with Crippen LogP contribution in [0.1, 0.15) is 71.1 Å². The van der Waals surface area contributed by atoms with Crippen molar-refractivity contribution < 1.29 is 0 Å². The second kappa shape index (κ2) is 5.73. The van der Waals surface area contributed by atoms with E-state index in [4.69, 9.17) is 5.73 Å². The first-order valence-corrected chi connectivity index (χ1v) is 8.73. The SMILES string of the molecule is CC1CCCC(C(N)C2(N3CCCC3)CCCC2)C1. The molecule has 3 atom stereocenters. The predicted octanol–water partition coefficient (Wildman–Crippen LogP) is 3.55. The lowest BCUT2D eigenvalue weighted by molar-refractivity contribution is 0.0528. The van der Waals surface area contributed by atoms with Crippen molar-refractivity contribution in [1.82, 2.24) is 4.90 Å². The van der Waals surface area contributed by atoms with Crippen molar-refractivity contribution >= 4 is 0 Å². The predicted molar refractivity (Wildman–Crippen MR) is 81.1 cm³/mol. The van der Waals surface area contributed by atoms with Gasteiger partial charge < -0.3 is 5.73 Å². The lowest BCUT2D eigenvalue weighted by Gasteiger charge is -2.48. The van der Waals surface area contributed by atoms with Crippen LogP contribution in [0.5, 0.6) is 0 Å². The van der Waals surface area contributed by atoms with E-state index in [-0.39, 0.29) is 0 Å². The van der Waals surface area contributed by atoms with Crippen molar-refractivity contribution in [3.8, 4) is 0 Å². The van der Waals surface area contributed by atoms with Crippen LogP contribution in [0.25, 0.3) is 0 Å². The number of hydrogen-bond donors (Lipinski definition) is 1. The maximum Gasteiger partial charge on any atom is 0.0363 e. The summed E-state index contributed by atoms with van der Waals surface area (Å²) in [4.78, 5) is 2.80. The van der Waals surface area contributed by atoms with Crippen molar-refractivity contribution in [3.05, 3.63) is 0 Å². The molecule has 3 rings (SSSR count). The monoisotopic (exact) mass is 264 g/mol. The highest BCUT2D eigenvalue weighted by Gasteiger charge is 2.47. The minimum atomic E-state index is 0.387. The van der Waals surface area contributed by atoms with Gasteiger partial charge in [-0.15, -0.1) is 0 Å². The van der Waals surface area contributed by atoms with Gasteiger partial charge in [0.15, 0.2) is 0 Å². The standard InChI is InChI=1S/C17H32N2/c1-14-7-6-8-15(13-14)16(18)17(9-2-3-10-17)19-11-4-5-12-19/h14-16H,2-13,18H2,1H3. The average Bonchev–Trinajstić information content (AvgIpc) is 3.09. The first kappa shape index (κ1) is 13.9. The van der Waals surface area contributed by atoms with E-state index in [9.17, 15) is 0 Å². The summed E-state index contributed by atoms with van der Waals surface area (Å²) in [5.41, 5.74) is 7.28. The number of rotatable bonds is 3. The second-order valence-electron chi connectivity index (χ2n) is 7.56. The molecule has 1 heterocycles. The van der Waals surface area contributed by atoms with Gasteiger partial charge >= 0.3 is 0 Å². The molecule has 0 bridgehead atoms. The molecule has 1 saturated heterocycles. The topological polar surface area (TPSA) is 29.3 Å². The summed E-state index contributed by atoms with van der Waals surface area (Å²) in [6.07, 6.45) is 14.0. The number of hydrogen-bond acceptors (Lipinski definition) is 2. The van der Waals surface area contributed by atoms with Crippen LogP contribution in [-0.2, 0) is 0 Å². The van der Waals surface area contributed by atoms with Gasteiger partial charge in [-0.2, -0.15) is 0 Å². The third kappa shape index (κ3) is 2.58. The molecule has 3 unspecified atom stereocenters. The Morgan fingerprint density at radius 3 is 2.32 bits per heavy atom. The van der Waals surface area contributed by atoms with E-state index in [1.807, 2.05) is 0 Å². The van der Waals surface area contributed by atoms with Gasteiger partial charge in [-0.05, 0) is 63.5 Å². The zero-order valence-electron chi connectivity index (χ0n) is 12.7. The van der Waals surface area contributed by atoms with Crippen LogP contribution in [0.4, 0.5) is 0 Å². The summed E-state index contributed by atoms with van der Waals surface area (Å²) in [6, 6.07) is 0.441. The zero-order chi connectivity index (χ0) is 13.3. The van der Waals surface area contributed by atoms with Gasteiger partial charge in [-0.3, -0.25) is 4.90 Å². The highest BCUT2D eigenvalue weighted by atomic mass is 15.2. The van der Waals surface area contributed by atoms with Crippen LogP contribution in [0, 0.1) is 11.8 Å². The normalized spacial score (nSPS) is 37.6. The Balaban J connectivity index is 1.75. The maximum atomic E-state index is 6.89. The number of nitrogens with zero attached hydrogens (tertiary/aromatic N) is 1. The first-order valence-electron chi connectivity index (χ1n) is 8.73. The maximum absolute atomic E-state index is 6.89. The third-order valence-electron chi connectivity index (χ3n) is 6.31. The Morgan fingerprint density at radius 2 is 1.68 bits per heavy atom. The fourth-order valence-electron chi connectivity index (χ4n) is 5.26. The summed E-state index contributed by atoms with van der Waals surface area (Å²) >= 11 is 0. The molecule has 0 amide bonds. The highest BCUT2D eigenvalue weighted by Crippen LogP contribution is 2.44. The van der Waals surface area contributed by atoms with E-state index in [1.165, 1.54) is 77.3 Å². The van der Waals surface area contributed by atoms with Gasteiger partial charge in [-0.1, -0.05) is 32.6 Å². The van der Waals surface area contributed by atoms with E-state index in [0.717, 1.165) is 11.8 Å². The number of likely N-dealkylation sites (tertiary alicyclic amines) is 1. The largest absolute Gasteiger partial charge is 0.326 e. The van der Waals surface area contributed by atoms with E-state index in [1.54, 1.807) is 0 Å². The molecule has 110 valence electrons. The quantitative estimate of drug-likeness (QED) is 0.844. The van der Waals surface area contributed by atoms with Crippen LogP contribution in [-0.4, -0.2) is 29.6 Å². The molecule has 0 aromatic rings. The van der Waals surface area contributed by atoms with Crippen molar-refractivity contribution in [1.29, 1.82) is 0 Å². The Kier molecular flexibility index (Phi) is 4.19. The molecule has 0 aromatic heterocycles. The molecular weight excluding hydrogens is 232 g/mol. The lowest BCUT2D eigenvalue weighted by atomic mass is 9.71. The van der Waals surface area contributed by atoms with Crippen LogP contribution >= 0.6 is 0 Å². The van der Waals surface area contributed by atoms with Crippen LogP contribution in [0.2, 0.25) is 0 Å². The highest BCUT2D eigenvalue weighted by molar-refractivity contribution is 5.06. The molecule has 2 saturated carbocycles. The van der Waals surface area contributed by atoms with E-state index in [0.29, 0.717) is 11.6 Å². The van der Waals surface area contributed by atoms with Gasteiger partial charge in [0.2, 0.25) is 0 Å². The van der Waals surface area contributed by atoms with E-state index >= 15 is 0 Å². The van der Waals surface area contributed by atoms with Gasteiger partial charge in [0.25, 0.3) is 0 Å². The van der Waals surface area contributed by atoms with Crippen molar-refractivity contribution in [2.75, 3.05) is 13.1 Å². The Labute approximate surface area is 119 Å². The van der Waals surface area contributed by atoms with Gasteiger partial charge in [0, 0.05) is 11.6 Å². The Hall–Kier alpha value is -0.0800. The molecule has 0 radical (unpaired) electrons. The summed E-state index contributed by atoms with van der Waals surface area (Å²) < 4.78 is 0. The van der Waals surface area contributed by atoms with Crippen molar-refractivity contribution in [3.63, 3.8) is 0 Å². The molecule has 0 aromatic carbocycles. The fraction of sp³-hybridized carbons (Fsp3) is 1.00. The van der Waals surface area contributed by atoms with Crippen LogP contribution in [0.3, 0.4) is 0 Å². The van der Waals surface area contributed by atoms with E-state index < -0.39 is 0 Å². The van der Waals surface area contributed by atoms with Crippen molar-refractivity contribution in [2.24, 2.45) is 17.6 Å². The summed E-state index contributed by atoms with van der Waals surface area (Å²) in [5, 5.41) is 0. The lowest BCUT2D eigenvalue weighted by Crippen LogP contribution is -2.60. The molecule has 3 aliphatic rings. The second-order valence-corrected chi connectivity index (χ2v) is 7.56. The van der Waals surface area contributed by atoms with Gasteiger partial charge in [-0.25, -0.2) is 0 Å². The van der Waals surface area contributed by atoms with Gasteiger partial charge in [0.05, 0.1) is 0 Å². The van der Waals surface area contributed by atoms with Crippen LogP contribution < -0.4 is 5.73 Å². The molecule has 3 fully saturated rings. The zero-order valence-corrected chi connectivity index (χ0v) is 12.7. The summed E-state index contributed by atoms with van der Waals surface area (Å²) in [6.45, 7) is 5.06. The Morgan fingerprint density at radius 1 is 1.00 bits per heavy atom. The molecule has 2 heteroatoms. The fourth-order valence-corrected chi connectivity index (χ4v) is 5.26. The van der Waals surface area contributed by atoms with Crippen molar-refractivity contribution in [2.45, 2.75) is 82.7 Å². The molecule has 0 spiro atoms. The minimum Gasteiger partial charge on any atom is -0.326 e. The molecule has 2 N–H and O–H groups in total. The molecule has 19 heavy (non-hydrogen) atoms. The first-order chi connectivity index (χ1) is 9.22. The Bertz CT molecular complexity index is 290. The molecular formula is C17H32N2. The molecule has 2 nitrogen and oxygen atoms in total.